The average Bonchev–Trinajstić information content (AvgIpc) is 3.92. The van der Waals surface area contributed by atoms with Gasteiger partial charge in [0.05, 0.1) is 22.4 Å². The molecule has 2 aromatic heterocycles. The summed E-state index contributed by atoms with van der Waals surface area (Å²) >= 11 is 0. The molecular weight excluding hydrogens is 809 g/mol. The van der Waals surface area contributed by atoms with Crippen molar-refractivity contribution in [1.82, 2.24) is 9.13 Å². The van der Waals surface area contributed by atoms with Crippen molar-refractivity contribution >= 4 is 65.9 Å². The van der Waals surface area contributed by atoms with Gasteiger partial charge in [-0.05, 0) is 129 Å². The molecule has 2 heteroatoms. The molecule has 0 bridgehead atoms. The van der Waals surface area contributed by atoms with Crippen LogP contribution in [0.4, 0.5) is 0 Å². The van der Waals surface area contributed by atoms with Gasteiger partial charge in [0.1, 0.15) is 0 Å². The lowest BCUT2D eigenvalue weighted by Gasteiger charge is -2.24. The zero-order valence-corrected chi connectivity index (χ0v) is 37.6. The molecule has 0 atom stereocenters. The van der Waals surface area contributed by atoms with E-state index < -0.39 is 0 Å². The van der Waals surface area contributed by atoms with E-state index in [0.717, 1.165) is 31.4 Å². The van der Waals surface area contributed by atoms with E-state index >= 15 is 0 Å². The molecule has 0 fully saturated rings. The Morgan fingerprint density at radius 3 is 1.60 bits per heavy atom. The van der Waals surface area contributed by atoms with Crippen molar-refractivity contribution in [3.8, 4) is 50.5 Å². The molecule has 0 aliphatic heterocycles. The van der Waals surface area contributed by atoms with Gasteiger partial charge in [-0.3, -0.25) is 0 Å². The van der Waals surface area contributed by atoms with Gasteiger partial charge in [-0.15, -0.1) is 0 Å². The predicted molar refractivity (Wildman–Crippen MR) is 287 cm³/mol. The van der Waals surface area contributed by atoms with Gasteiger partial charge in [0, 0.05) is 44.1 Å². The fourth-order valence-electron chi connectivity index (χ4n) is 11.5. The van der Waals surface area contributed by atoms with Crippen molar-refractivity contribution in [2.24, 2.45) is 0 Å². The summed E-state index contributed by atoms with van der Waals surface area (Å²) in [5.74, 6) is 0. The lowest BCUT2D eigenvalue weighted by molar-refractivity contribution is 0.866. The second-order valence-electron chi connectivity index (χ2n) is 18.3. The van der Waals surface area contributed by atoms with Gasteiger partial charge in [0.2, 0.25) is 0 Å². The predicted octanol–water partition coefficient (Wildman–Crippen LogP) is 17.9. The minimum absolute atomic E-state index is 0.974. The summed E-state index contributed by atoms with van der Waals surface area (Å²) in [6, 6.07) is 65.7. The minimum Gasteiger partial charge on any atom is -0.312 e. The lowest BCUT2D eigenvalue weighted by atomic mass is 9.88. The van der Waals surface area contributed by atoms with E-state index in [1.807, 2.05) is 12.2 Å². The second kappa shape index (κ2) is 15.8. The third kappa shape index (κ3) is 6.17. The number of hydrogen-bond donors (Lipinski definition) is 0. The molecule has 13 rings (SSSR count). The number of hydrogen-bond acceptors (Lipinski definition) is 0. The Kier molecular flexibility index (Phi) is 9.21. The van der Waals surface area contributed by atoms with Crippen LogP contribution in [0.15, 0.2) is 224 Å². The maximum Gasteiger partial charge on any atom is 0.0620 e. The Bertz CT molecular complexity index is 3890. The normalized spacial score (nSPS) is 14.1. The number of fused-ring (bicyclic) bond motifs is 4. The molecule has 0 N–H and O–H groups in total. The molecule has 11 aromatic rings. The number of benzene rings is 9. The lowest BCUT2D eigenvalue weighted by Crippen LogP contribution is -2.07. The number of aryl methyl sites for hydroxylation is 1. The summed E-state index contributed by atoms with van der Waals surface area (Å²) in [5, 5.41) is 10.2. The molecule has 2 heterocycles. The van der Waals surface area contributed by atoms with Crippen LogP contribution in [0, 0.1) is 6.92 Å². The van der Waals surface area contributed by atoms with E-state index in [1.165, 1.54) is 127 Å². The summed E-state index contributed by atoms with van der Waals surface area (Å²) in [6.07, 6.45) is 17.5. The number of allylic oxidation sites excluding steroid dienone is 8. The smallest absolute Gasteiger partial charge is 0.0620 e. The summed E-state index contributed by atoms with van der Waals surface area (Å²) < 4.78 is 5.23. The highest BCUT2D eigenvalue weighted by molar-refractivity contribution is 6.35. The molecule has 0 unspecified atom stereocenters. The summed E-state index contributed by atoms with van der Waals surface area (Å²) in [6.45, 7) is 6.18. The second-order valence-corrected chi connectivity index (χ2v) is 18.3. The third-order valence-corrected chi connectivity index (χ3v) is 14.5. The highest BCUT2D eigenvalue weighted by atomic mass is 15.0. The topological polar surface area (TPSA) is 9.86 Å². The minimum atomic E-state index is 0.974. The molecule has 67 heavy (non-hydrogen) atoms. The van der Waals surface area contributed by atoms with Gasteiger partial charge >= 0.3 is 0 Å². The molecule has 0 saturated heterocycles. The zero-order chi connectivity index (χ0) is 44.6. The van der Waals surface area contributed by atoms with Crippen LogP contribution in [0.3, 0.4) is 0 Å². The first kappa shape index (κ1) is 39.2. The molecule has 2 aliphatic carbocycles. The number of nitrogens with zero attached hydrogens (tertiary/aromatic N) is 2. The molecule has 318 valence electrons. The first-order valence-corrected chi connectivity index (χ1v) is 23.7. The Hall–Kier alpha value is -8.20. The van der Waals surface area contributed by atoms with Crippen LogP contribution in [-0.2, 0) is 0 Å². The van der Waals surface area contributed by atoms with Crippen molar-refractivity contribution in [1.29, 1.82) is 0 Å². The Balaban J connectivity index is 1.21. The summed E-state index contributed by atoms with van der Waals surface area (Å²) in [5.41, 5.74) is 20.2. The zero-order valence-electron chi connectivity index (χ0n) is 37.6. The van der Waals surface area contributed by atoms with Crippen LogP contribution in [0.1, 0.15) is 36.8 Å². The third-order valence-electron chi connectivity index (χ3n) is 14.5. The van der Waals surface area contributed by atoms with Crippen LogP contribution in [0.5, 0.6) is 0 Å². The van der Waals surface area contributed by atoms with Crippen LogP contribution >= 0.6 is 0 Å². The van der Waals surface area contributed by atoms with Gasteiger partial charge in [-0.2, -0.15) is 0 Å². The van der Waals surface area contributed by atoms with E-state index in [1.54, 1.807) is 0 Å². The van der Waals surface area contributed by atoms with Gasteiger partial charge in [-0.25, -0.2) is 0 Å². The summed E-state index contributed by atoms with van der Waals surface area (Å²) in [7, 11) is 0. The fourth-order valence-corrected chi connectivity index (χ4v) is 11.5. The van der Waals surface area contributed by atoms with Crippen molar-refractivity contribution in [2.75, 3.05) is 0 Å². The molecule has 2 nitrogen and oxygen atoms in total. The van der Waals surface area contributed by atoms with Crippen LogP contribution in [-0.4, -0.2) is 9.13 Å². The monoisotopic (exact) mass is 856 g/mol. The van der Waals surface area contributed by atoms with E-state index in [2.05, 4.69) is 223 Å². The molecular formula is C65H48N2. The molecule has 0 amide bonds. The number of aromatic nitrogens is 2. The van der Waals surface area contributed by atoms with Gasteiger partial charge in [0.25, 0.3) is 0 Å². The largest absolute Gasteiger partial charge is 0.312 e. The Morgan fingerprint density at radius 2 is 1.03 bits per heavy atom. The molecule has 9 aromatic carbocycles. The van der Waals surface area contributed by atoms with Crippen molar-refractivity contribution in [3.05, 3.63) is 235 Å². The molecule has 0 saturated carbocycles. The number of rotatable bonds is 8. The van der Waals surface area contributed by atoms with Gasteiger partial charge in [-0.1, -0.05) is 189 Å². The quantitative estimate of drug-likeness (QED) is 0.106. The first-order valence-electron chi connectivity index (χ1n) is 23.7. The average molecular weight is 857 g/mol. The van der Waals surface area contributed by atoms with Crippen LogP contribution in [0.25, 0.3) is 116 Å². The maximum absolute atomic E-state index is 3.99. The highest BCUT2D eigenvalue weighted by Gasteiger charge is 2.29. The Morgan fingerprint density at radius 1 is 0.493 bits per heavy atom. The molecule has 0 radical (unpaired) electrons. The Labute approximate surface area is 391 Å². The van der Waals surface area contributed by atoms with E-state index in [4.69, 9.17) is 0 Å². The first-order chi connectivity index (χ1) is 33.1. The summed E-state index contributed by atoms with van der Waals surface area (Å²) in [4.78, 5) is 0. The fraction of sp³-hybridized carbons (Fsp3) is 0.0769. The van der Waals surface area contributed by atoms with Crippen LogP contribution < -0.4 is 0 Å². The van der Waals surface area contributed by atoms with Crippen molar-refractivity contribution in [3.63, 3.8) is 0 Å². The van der Waals surface area contributed by atoms with E-state index in [0.29, 0.717) is 0 Å². The van der Waals surface area contributed by atoms with Crippen molar-refractivity contribution in [2.45, 2.75) is 32.6 Å². The maximum atomic E-state index is 3.99. The molecule has 0 spiro atoms. The van der Waals surface area contributed by atoms with Gasteiger partial charge < -0.3 is 9.13 Å². The SMILES string of the molecule is C=C/C=C\c1cc(-n2c(-c3ccccc3)c(-c3ccccc3)c3cc4ccc5c6c(ccc(c46)c32)cc2c(-c3ccccc3)c(-c3ccccc3)n(C3=CC4=C(C=CCC4)CC3)c25)ccc1C. The van der Waals surface area contributed by atoms with E-state index in [-0.39, 0.29) is 0 Å². The van der Waals surface area contributed by atoms with E-state index in [9.17, 15) is 0 Å². The van der Waals surface area contributed by atoms with Gasteiger partial charge in [0.15, 0.2) is 0 Å². The standard InChI is InChI=1S/C65H48N2/c1-3-4-19-48-38-52(34-30-42(48)2)66-62(46-25-13-7-14-26-46)60(44-21-9-5-10-22-44)56-40-50-33-37-55-59-51(32-36-54(58(50)59)64(56)66)41-57-61(45-23-11-6-12-24-45)63(47-27-15-8-16-28-47)67(65(55)57)53-35-31-43-20-17-18-29-49(43)39-53/h3-17,19-28,30,32-34,36-41H,1,18,29,31,35H2,2H3/b19-4-. The van der Waals surface area contributed by atoms with Crippen molar-refractivity contribution < 1.29 is 0 Å². The van der Waals surface area contributed by atoms with Crippen LogP contribution in [0.2, 0.25) is 0 Å². The molecule has 2 aliphatic rings. The highest BCUT2D eigenvalue weighted by Crippen LogP contribution is 2.52.